The summed E-state index contributed by atoms with van der Waals surface area (Å²) in [6.45, 7) is 3.34. The fraction of sp³-hybridized carbons (Fsp3) is 0.375. The lowest BCUT2D eigenvalue weighted by atomic mass is 10.0. The van der Waals surface area contributed by atoms with Crippen LogP contribution in [-0.2, 0) is 11.2 Å². The Labute approximate surface area is 176 Å². The predicted octanol–water partition coefficient (Wildman–Crippen LogP) is 3.07. The van der Waals surface area contributed by atoms with Crippen LogP contribution in [0.25, 0.3) is 0 Å². The Morgan fingerprint density at radius 3 is 2.63 bits per heavy atom. The Hall–Kier alpha value is -2.99. The van der Waals surface area contributed by atoms with Gasteiger partial charge in [0.25, 0.3) is 17.7 Å². The molecule has 1 saturated heterocycles. The zero-order valence-electron chi connectivity index (χ0n) is 17.1. The minimum Gasteiger partial charge on any atom is -0.376 e. The molecule has 1 N–H and O–H groups in total. The van der Waals surface area contributed by atoms with Crippen LogP contribution in [0.3, 0.4) is 0 Å². The molecule has 0 radical (unpaired) electrons. The van der Waals surface area contributed by atoms with Gasteiger partial charge >= 0.3 is 0 Å². The molecular weight excluding hydrogens is 380 g/mol. The number of ether oxygens (including phenoxy) is 1. The molecule has 0 saturated carbocycles. The number of carbonyl (C=O) groups excluding carboxylic acids is 3. The Morgan fingerprint density at radius 2 is 1.87 bits per heavy atom. The molecule has 1 fully saturated rings. The number of hydrogen-bond donors (Lipinski definition) is 1. The van der Waals surface area contributed by atoms with Crippen molar-refractivity contribution in [1.29, 1.82) is 0 Å². The van der Waals surface area contributed by atoms with Crippen LogP contribution in [-0.4, -0.2) is 48.4 Å². The molecule has 0 aliphatic carbocycles. The van der Waals surface area contributed by atoms with Crippen molar-refractivity contribution in [3.05, 3.63) is 70.8 Å². The molecule has 2 heterocycles. The van der Waals surface area contributed by atoms with E-state index in [0.717, 1.165) is 18.4 Å². The van der Waals surface area contributed by atoms with Gasteiger partial charge in [-0.05, 0) is 42.7 Å². The van der Waals surface area contributed by atoms with Gasteiger partial charge in [-0.3, -0.25) is 19.3 Å². The summed E-state index contributed by atoms with van der Waals surface area (Å²) >= 11 is 0. The molecule has 6 nitrogen and oxygen atoms in total. The van der Waals surface area contributed by atoms with E-state index in [9.17, 15) is 14.4 Å². The van der Waals surface area contributed by atoms with Crippen LogP contribution >= 0.6 is 0 Å². The molecule has 2 aliphatic rings. The summed E-state index contributed by atoms with van der Waals surface area (Å²) in [5.41, 5.74) is 2.67. The lowest BCUT2D eigenvalue weighted by Gasteiger charge is -2.18. The molecule has 2 aromatic rings. The third-order valence-electron chi connectivity index (χ3n) is 5.71. The summed E-state index contributed by atoms with van der Waals surface area (Å²) in [6, 6.07) is 14.6. The monoisotopic (exact) mass is 406 g/mol. The third kappa shape index (κ3) is 4.14. The number of benzene rings is 2. The van der Waals surface area contributed by atoms with Crippen molar-refractivity contribution in [3.8, 4) is 0 Å². The first-order valence-corrected chi connectivity index (χ1v) is 10.5. The van der Waals surface area contributed by atoms with Gasteiger partial charge in [0, 0.05) is 18.0 Å². The number of hydrogen-bond acceptors (Lipinski definition) is 4. The van der Waals surface area contributed by atoms with Crippen LogP contribution in [0.4, 0.5) is 0 Å². The van der Waals surface area contributed by atoms with Gasteiger partial charge in [0.1, 0.15) is 0 Å². The van der Waals surface area contributed by atoms with Gasteiger partial charge in [-0.15, -0.1) is 0 Å². The van der Waals surface area contributed by atoms with Crippen LogP contribution in [0.5, 0.6) is 0 Å². The fourth-order valence-electron chi connectivity index (χ4n) is 4.13. The molecular formula is C24H26N2O4. The number of aryl methyl sites for hydroxylation is 1. The molecule has 156 valence electrons. The number of fused-ring (bicyclic) bond motifs is 1. The maximum Gasteiger partial charge on any atom is 0.261 e. The van der Waals surface area contributed by atoms with E-state index >= 15 is 0 Å². The summed E-state index contributed by atoms with van der Waals surface area (Å²) in [5.74, 6) is -0.434. The minimum absolute atomic E-state index is 0.109. The normalized spacial score (nSPS) is 20.5. The highest BCUT2D eigenvalue weighted by Gasteiger charge is 2.38. The quantitative estimate of drug-likeness (QED) is 0.717. The van der Waals surface area contributed by atoms with E-state index in [4.69, 9.17) is 4.74 Å². The summed E-state index contributed by atoms with van der Waals surface area (Å²) in [5, 5.41) is 2.94. The van der Waals surface area contributed by atoms with E-state index < -0.39 is 0 Å². The minimum atomic E-state index is -0.248. The van der Waals surface area contributed by atoms with E-state index in [1.165, 1.54) is 4.90 Å². The number of carbonyl (C=O) groups is 3. The van der Waals surface area contributed by atoms with Crippen LogP contribution in [0.2, 0.25) is 0 Å². The highest BCUT2D eigenvalue weighted by Crippen LogP contribution is 2.27. The van der Waals surface area contributed by atoms with Crippen LogP contribution in [0, 0.1) is 5.92 Å². The second-order valence-electron chi connectivity index (χ2n) is 7.98. The van der Waals surface area contributed by atoms with Gasteiger partial charge in [0.15, 0.2) is 0 Å². The first-order valence-electron chi connectivity index (χ1n) is 10.5. The summed E-state index contributed by atoms with van der Waals surface area (Å²) < 4.78 is 5.83. The number of rotatable bonds is 7. The van der Waals surface area contributed by atoms with Crippen molar-refractivity contribution in [2.45, 2.75) is 32.3 Å². The summed E-state index contributed by atoms with van der Waals surface area (Å²) in [4.78, 5) is 39.0. The zero-order chi connectivity index (χ0) is 21.1. The molecule has 30 heavy (non-hydrogen) atoms. The van der Waals surface area contributed by atoms with E-state index in [1.807, 2.05) is 30.3 Å². The van der Waals surface area contributed by atoms with Crippen molar-refractivity contribution in [2.24, 2.45) is 5.92 Å². The van der Waals surface area contributed by atoms with Crippen LogP contribution in [0.1, 0.15) is 56.4 Å². The van der Waals surface area contributed by atoms with Gasteiger partial charge in [-0.25, -0.2) is 0 Å². The van der Waals surface area contributed by atoms with Gasteiger partial charge in [0.05, 0.1) is 30.4 Å². The molecule has 0 spiro atoms. The molecule has 6 heteroatoms. The van der Waals surface area contributed by atoms with E-state index in [0.29, 0.717) is 36.3 Å². The average molecular weight is 406 g/mol. The molecule has 2 atom stereocenters. The number of imide groups is 1. The maximum absolute atomic E-state index is 12.8. The highest BCUT2D eigenvalue weighted by atomic mass is 16.5. The van der Waals surface area contributed by atoms with Crippen LogP contribution in [0.15, 0.2) is 48.5 Å². The van der Waals surface area contributed by atoms with E-state index in [1.54, 1.807) is 18.2 Å². The second-order valence-corrected chi connectivity index (χ2v) is 7.98. The van der Waals surface area contributed by atoms with E-state index in [-0.39, 0.29) is 36.3 Å². The Morgan fingerprint density at radius 1 is 1.10 bits per heavy atom. The maximum atomic E-state index is 12.8. The molecule has 0 unspecified atom stereocenters. The Kier molecular flexibility index (Phi) is 5.95. The van der Waals surface area contributed by atoms with Crippen molar-refractivity contribution in [1.82, 2.24) is 10.2 Å². The molecule has 4 rings (SSSR count). The Balaban J connectivity index is 1.32. The zero-order valence-corrected chi connectivity index (χ0v) is 17.1. The summed E-state index contributed by atoms with van der Waals surface area (Å²) in [7, 11) is 0. The summed E-state index contributed by atoms with van der Waals surface area (Å²) in [6.07, 6.45) is 2.37. The molecule has 2 aliphatic heterocycles. The molecule has 2 aromatic carbocycles. The first kappa shape index (κ1) is 20.3. The SMILES string of the molecule is CCCc1ccc2c(c1)C(=O)N(C[C@@H]1C[C@H](CNC(=O)c3ccccc3)CO1)C2=O. The highest BCUT2D eigenvalue weighted by molar-refractivity contribution is 6.21. The lowest BCUT2D eigenvalue weighted by molar-refractivity contribution is 0.0470. The first-order chi connectivity index (χ1) is 14.6. The predicted molar refractivity (Wildman–Crippen MR) is 112 cm³/mol. The van der Waals surface area contributed by atoms with E-state index in [2.05, 4.69) is 12.2 Å². The third-order valence-corrected chi connectivity index (χ3v) is 5.71. The molecule has 0 bridgehead atoms. The lowest BCUT2D eigenvalue weighted by Crippen LogP contribution is -2.37. The smallest absolute Gasteiger partial charge is 0.261 e. The topological polar surface area (TPSA) is 75.7 Å². The Bertz CT molecular complexity index is 957. The second kappa shape index (κ2) is 8.79. The van der Waals surface area contributed by atoms with Crippen molar-refractivity contribution in [3.63, 3.8) is 0 Å². The standard InChI is InChI=1S/C24H26N2O4/c1-2-6-16-9-10-20-21(12-16)24(29)26(23(20)28)14-19-11-17(15-30-19)13-25-22(27)18-7-4-3-5-8-18/h3-5,7-10,12,17,19H,2,6,11,13-15H2,1H3,(H,25,27)/t17-,19+/m1/s1. The number of nitrogens with zero attached hydrogens (tertiary/aromatic N) is 1. The van der Waals surface area contributed by atoms with Gasteiger partial charge in [-0.1, -0.05) is 37.6 Å². The van der Waals surface area contributed by atoms with Crippen molar-refractivity contribution < 1.29 is 19.1 Å². The number of amides is 3. The van der Waals surface area contributed by atoms with Crippen LogP contribution < -0.4 is 5.32 Å². The molecule has 3 amide bonds. The fourth-order valence-corrected chi connectivity index (χ4v) is 4.13. The van der Waals surface area contributed by atoms with Gasteiger partial charge in [0.2, 0.25) is 0 Å². The van der Waals surface area contributed by atoms with Gasteiger partial charge in [-0.2, -0.15) is 0 Å². The largest absolute Gasteiger partial charge is 0.376 e. The number of nitrogens with one attached hydrogen (secondary N) is 1. The van der Waals surface area contributed by atoms with Crippen molar-refractivity contribution in [2.75, 3.05) is 19.7 Å². The van der Waals surface area contributed by atoms with Gasteiger partial charge < -0.3 is 10.1 Å². The molecule has 0 aromatic heterocycles. The average Bonchev–Trinajstić information content (AvgIpc) is 3.31. The van der Waals surface area contributed by atoms with Crippen molar-refractivity contribution >= 4 is 17.7 Å².